The summed E-state index contributed by atoms with van der Waals surface area (Å²) in [6.07, 6.45) is 2.52. The molecule has 0 bridgehead atoms. The van der Waals surface area contributed by atoms with Gasteiger partial charge in [0.05, 0.1) is 13.3 Å². The number of thiophene rings is 1. The van der Waals surface area contributed by atoms with Crippen LogP contribution in [-0.4, -0.2) is 23.2 Å². The maximum absolute atomic E-state index is 12.0. The number of aromatic nitrogens is 2. The van der Waals surface area contributed by atoms with Gasteiger partial charge in [0.2, 0.25) is 0 Å². The molecule has 2 aromatic heterocycles. The van der Waals surface area contributed by atoms with Crippen molar-refractivity contribution in [2.45, 2.75) is 13.3 Å². The summed E-state index contributed by atoms with van der Waals surface area (Å²) >= 11 is 1.35. The van der Waals surface area contributed by atoms with E-state index in [1.165, 1.54) is 11.3 Å². The fraction of sp³-hybridized carbons (Fsp3) is 0.273. The average molecular weight is 251 g/mol. The number of nitrogens with one attached hydrogen (secondary N) is 2. The van der Waals surface area contributed by atoms with E-state index in [4.69, 9.17) is 4.74 Å². The number of aromatic amines is 1. The third-order valence-electron chi connectivity index (χ3n) is 2.39. The number of anilines is 1. The van der Waals surface area contributed by atoms with Crippen molar-refractivity contribution in [2.75, 3.05) is 12.4 Å². The van der Waals surface area contributed by atoms with Crippen LogP contribution in [-0.2, 0) is 6.42 Å². The van der Waals surface area contributed by atoms with Crippen LogP contribution in [0.2, 0.25) is 0 Å². The van der Waals surface area contributed by atoms with E-state index < -0.39 is 0 Å². The third kappa shape index (κ3) is 2.31. The molecular formula is C11H13N3O2S. The fourth-order valence-corrected chi connectivity index (χ4v) is 2.23. The first kappa shape index (κ1) is 11.7. The number of methoxy groups -OCH3 is 1. The van der Waals surface area contributed by atoms with Gasteiger partial charge in [-0.15, -0.1) is 11.3 Å². The maximum atomic E-state index is 12.0. The summed E-state index contributed by atoms with van der Waals surface area (Å²) in [5, 5.41) is 11.3. The highest BCUT2D eigenvalue weighted by molar-refractivity contribution is 7.12. The van der Waals surface area contributed by atoms with Gasteiger partial charge in [-0.25, -0.2) is 0 Å². The molecule has 0 fully saturated rings. The monoisotopic (exact) mass is 251 g/mol. The summed E-state index contributed by atoms with van der Waals surface area (Å²) in [7, 11) is 1.55. The van der Waals surface area contributed by atoms with E-state index >= 15 is 0 Å². The van der Waals surface area contributed by atoms with Gasteiger partial charge in [-0.1, -0.05) is 6.92 Å². The van der Waals surface area contributed by atoms with Crippen LogP contribution >= 0.6 is 11.3 Å². The Morgan fingerprint density at radius 1 is 1.65 bits per heavy atom. The van der Waals surface area contributed by atoms with Crippen LogP contribution in [0.4, 0.5) is 5.82 Å². The molecule has 0 atom stereocenters. The van der Waals surface area contributed by atoms with Gasteiger partial charge in [-0.3, -0.25) is 9.89 Å². The number of ether oxygens (including phenoxy) is 1. The molecule has 2 aromatic rings. The molecule has 2 heterocycles. The molecule has 0 aliphatic carbocycles. The summed E-state index contributed by atoms with van der Waals surface area (Å²) < 4.78 is 5.11. The molecule has 0 unspecified atom stereocenters. The Balaban J connectivity index is 2.17. The zero-order chi connectivity index (χ0) is 12.3. The standard InChI is InChI=1S/C11H13N3O2S/c1-3-7-6-12-14-10(7)13-11(15)9-8(16-2)4-5-17-9/h4-6H,3H2,1-2H3,(H2,12,13,14,15). The van der Waals surface area contributed by atoms with Gasteiger partial charge >= 0.3 is 0 Å². The number of carbonyl (C=O) groups excluding carboxylic acids is 1. The summed E-state index contributed by atoms with van der Waals surface area (Å²) in [4.78, 5) is 12.6. The summed E-state index contributed by atoms with van der Waals surface area (Å²) in [6, 6.07) is 1.77. The predicted molar refractivity (Wildman–Crippen MR) is 66.8 cm³/mol. The van der Waals surface area contributed by atoms with Crippen molar-refractivity contribution < 1.29 is 9.53 Å². The first-order valence-corrected chi connectivity index (χ1v) is 6.09. The SMILES string of the molecule is CCc1cn[nH]c1NC(=O)c1sccc1OC. The van der Waals surface area contributed by atoms with Crippen LogP contribution in [0, 0.1) is 0 Å². The second-order valence-corrected chi connectivity index (χ2v) is 4.31. The van der Waals surface area contributed by atoms with Gasteiger partial charge in [-0.05, 0) is 17.9 Å². The second-order valence-electron chi connectivity index (χ2n) is 3.40. The van der Waals surface area contributed by atoms with Crippen LogP contribution in [0.1, 0.15) is 22.2 Å². The molecule has 0 saturated carbocycles. The Kier molecular flexibility index (Phi) is 3.43. The highest BCUT2D eigenvalue weighted by Crippen LogP contribution is 2.25. The molecule has 0 aliphatic rings. The summed E-state index contributed by atoms with van der Waals surface area (Å²) in [6.45, 7) is 2.01. The third-order valence-corrected chi connectivity index (χ3v) is 3.29. The van der Waals surface area contributed by atoms with Crippen molar-refractivity contribution in [3.63, 3.8) is 0 Å². The molecule has 1 amide bonds. The second kappa shape index (κ2) is 5.01. The van der Waals surface area contributed by atoms with Crippen molar-refractivity contribution in [1.29, 1.82) is 0 Å². The zero-order valence-electron chi connectivity index (χ0n) is 9.61. The number of rotatable bonds is 4. The number of hydrogen-bond acceptors (Lipinski definition) is 4. The van der Waals surface area contributed by atoms with Crippen molar-refractivity contribution in [1.82, 2.24) is 10.2 Å². The lowest BCUT2D eigenvalue weighted by atomic mass is 10.2. The van der Waals surface area contributed by atoms with Gasteiger partial charge in [0.25, 0.3) is 5.91 Å². The molecule has 2 rings (SSSR count). The van der Waals surface area contributed by atoms with Crippen molar-refractivity contribution in [2.24, 2.45) is 0 Å². The number of nitrogens with zero attached hydrogens (tertiary/aromatic N) is 1. The van der Waals surface area contributed by atoms with Crippen LogP contribution in [0.25, 0.3) is 0 Å². The predicted octanol–water partition coefficient (Wildman–Crippen LogP) is 2.29. The van der Waals surface area contributed by atoms with E-state index in [2.05, 4.69) is 15.5 Å². The molecule has 5 nitrogen and oxygen atoms in total. The molecule has 0 aliphatic heterocycles. The Hall–Kier alpha value is -1.82. The van der Waals surface area contributed by atoms with Gasteiger partial charge in [0.1, 0.15) is 16.4 Å². The Labute approximate surface area is 103 Å². The molecular weight excluding hydrogens is 238 g/mol. The van der Waals surface area contributed by atoms with Crippen molar-refractivity contribution in [3.8, 4) is 5.75 Å². The minimum absolute atomic E-state index is 0.184. The van der Waals surface area contributed by atoms with Crippen LogP contribution < -0.4 is 10.1 Å². The molecule has 0 radical (unpaired) electrons. The number of carbonyl (C=O) groups is 1. The zero-order valence-corrected chi connectivity index (χ0v) is 10.4. The van der Waals surface area contributed by atoms with Gasteiger partial charge < -0.3 is 10.1 Å². The topological polar surface area (TPSA) is 67.0 Å². The highest BCUT2D eigenvalue weighted by Gasteiger charge is 2.15. The number of hydrogen-bond donors (Lipinski definition) is 2. The maximum Gasteiger partial charge on any atom is 0.270 e. The van der Waals surface area contributed by atoms with E-state index in [-0.39, 0.29) is 5.91 Å². The summed E-state index contributed by atoms with van der Waals surface area (Å²) in [5.74, 6) is 1.05. The summed E-state index contributed by atoms with van der Waals surface area (Å²) in [5.41, 5.74) is 0.980. The molecule has 2 N–H and O–H groups in total. The van der Waals surface area contributed by atoms with E-state index in [0.29, 0.717) is 16.4 Å². The van der Waals surface area contributed by atoms with Crippen LogP contribution in [0.3, 0.4) is 0 Å². The van der Waals surface area contributed by atoms with Gasteiger partial charge in [-0.2, -0.15) is 5.10 Å². The largest absolute Gasteiger partial charge is 0.495 e. The number of H-pyrrole nitrogens is 1. The lowest BCUT2D eigenvalue weighted by Gasteiger charge is -2.04. The van der Waals surface area contributed by atoms with Crippen molar-refractivity contribution in [3.05, 3.63) is 28.1 Å². The lowest BCUT2D eigenvalue weighted by Crippen LogP contribution is -2.12. The van der Waals surface area contributed by atoms with E-state index in [1.54, 1.807) is 19.4 Å². The molecule has 17 heavy (non-hydrogen) atoms. The van der Waals surface area contributed by atoms with E-state index in [9.17, 15) is 4.79 Å². The molecule has 0 spiro atoms. The Bertz CT molecular complexity index is 518. The first-order valence-electron chi connectivity index (χ1n) is 5.21. The number of aryl methyl sites for hydroxylation is 1. The van der Waals surface area contributed by atoms with Crippen molar-refractivity contribution >= 4 is 23.1 Å². The van der Waals surface area contributed by atoms with Crippen LogP contribution in [0.15, 0.2) is 17.6 Å². The lowest BCUT2D eigenvalue weighted by molar-refractivity contribution is 0.102. The Morgan fingerprint density at radius 2 is 2.47 bits per heavy atom. The smallest absolute Gasteiger partial charge is 0.270 e. The van der Waals surface area contributed by atoms with Gasteiger partial charge in [0.15, 0.2) is 0 Å². The Morgan fingerprint density at radius 3 is 3.18 bits per heavy atom. The normalized spacial score (nSPS) is 10.2. The van der Waals surface area contributed by atoms with Crippen LogP contribution in [0.5, 0.6) is 5.75 Å². The quantitative estimate of drug-likeness (QED) is 0.876. The highest BCUT2D eigenvalue weighted by atomic mass is 32.1. The van der Waals surface area contributed by atoms with E-state index in [1.807, 2.05) is 12.3 Å². The molecule has 0 aromatic carbocycles. The molecule has 0 saturated heterocycles. The minimum Gasteiger partial charge on any atom is -0.495 e. The average Bonchev–Trinajstić information content (AvgIpc) is 2.96. The molecule has 6 heteroatoms. The van der Waals surface area contributed by atoms with E-state index in [0.717, 1.165) is 12.0 Å². The first-order chi connectivity index (χ1) is 8.26. The fourth-order valence-electron chi connectivity index (χ4n) is 1.48. The molecule has 90 valence electrons. The minimum atomic E-state index is -0.184. The number of amides is 1. The van der Waals surface area contributed by atoms with Gasteiger partial charge in [0, 0.05) is 5.56 Å².